The van der Waals surface area contributed by atoms with Gasteiger partial charge in [-0.05, 0) is 12.0 Å². The van der Waals surface area contributed by atoms with Crippen LogP contribution in [-0.4, -0.2) is 19.6 Å². The molecular weight excluding hydrogens is 248 g/mol. The van der Waals surface area contributed by atoms with E-state index in [-0.39, 0.29) is 0 Å². The van der Waals surface area contributed by atoms with Crippen LogP contribution in [0.4, 0.5) is 0 Å². The summed E-state index contributed by atoms with van der Waals surface area (Å²) in [5, 5.41) is 8.59. The molecule has 0 atom stereocenters. The molecule has 3 aromatic rings. The second-order valence-corrected chi connectivity index (χ2v) is 4.37. The Balaban J connectivity index is 1.85. The lowest BCUT2D eigenvalue weighted by molar-refractivity contribution is 0.837. The largest absolute Gasteiger partial charge is 0.282 e. The Kier molecular flexibility index (Phi) is 2.94. The van der Waals surface area contributed by atoms with Gasteiger partial charge in [-0.15, -0.1) is 10.2 Å². The molecule has 0 radical (unpaired) electrons. The van der Waals surface area contributed by atoms with Gasteiger partial charge in [-0.1, -0.05) is 41.9 Å². The van der Waals surface area contributed by atoms with Crippen molar-refractivity contribution in [2.24, 2.45) is 0 Å². The quantitative estimate of drug-likeness (QED) is 0.725. The molecule has 0 amide bonds. The van der Waals surface area contributed by atoms with Crippen molar-refractivity contribution in [3.63, 3.8) is 0 Å². The molecule has 3 rings (SSSR count). The molecule has 5 heteroatoms. The molecule has 0 unspecified atom stereocenters. The van der Waals surface area contributed by atoms with Gasteiger partial charge >= 0.3 is 0 Å². The van der Waals surface area contributed by atoms with Gasteiger partial charge in [-0.3, -0.25) is 4.40 Å². The Bertz CT molecular complexity index is 663. The normalized spacial score (nSPS) is 10.9. The topological polar surface area (TPSA) is 43.1 Å². The van der Waals surface area contributed by atoms with Crippen LogP contribution in [0.25, 0.3) is 5.65 Å². The maximum atomic E-state index is 5.95. The van der Waals surface area contributed by atoms with Crippen LogP contribution < -0.4 is 0 Å². The van der Waals surface area contributed by atoms with E-state index < -0.39 is 0 Å². The molecule has 0 aliphatic heterocycles. The lowest BCUT2D eigenvalue weighted by Gasteiger charge is -2.00. The number of hydrogen-bond acceptors (Lipinski definition) is 3. The third kappa shape index (κ3) is 2.07. The minimum Gasteiger partial charge on any atom is -0.282 e. The van der Waals surface area contributed by atoms with Crippen molar-refractivity contribution in [2.45, 2.75) is 12.8 Å². The third-order valence-electron chi connectivity index (χ3n) is 2.83. The van der Waals surface area contributed by atoms with Crippen molar-refractivity contribution in [1.29, 1.82) is 0 Å². The fourth-order valence-corrected chi connectivity index (χ4v) is 2.10. The van der Waals surface area contributed by atoms with Gasteiger partial charge in [0.2, 0.25) is 0 Å². The smallest absolute Gasteiger partial charge is 0.198 e. The highest BCUT2D eigenvalue weighted by atomic mass is 35.5. The van der Waals surface area contributed by atoms with Gasteiger partial charge in [0, 0.05) is 18.8 Å². The molecule has 0 saturated heterocycles. The number of nitrogens with zero attached hydrogens (tertiary/aromatic N) is 4. The summed E-state index contributed by atoms with van der Waals surface area (Å²) in [7, 11) is 0. The summed E-state index contributed by atoms with van der Waals surface area (Å²) in [6.07, 6.45) is 5.25. The highest BCUT2D eigenvalue weighted by Crippen LogP contribution is 2.13. The number of aryl methyl sites for hydroxylation is 2. The van der Waals surface area contributed by atoms with Crippen LogP contribution in [0.5, 0.6) is 0 Å². The summed E-state index contributed by atoms with van der Waals surface area (Å²) < 4.78 is 1.89. The molecule has 2 heterocycles. The average Bonchev–Trinajstić information content (AvgIpc) is 2.82. The van der Waals surface area contributed by atoms with E-state index in [9.17, 15) is 0 Å². The van der Waals surface area contributed by atoms with Gasteiger partial charge in [0.25, 0.3) is 0 Å². The van der Waals surface area contributed by atoms with Crippen LogP contribution in [0, 0.1) is 0 Å². The fourth-order valence-electron chi connectivity index (χ4n) is 1.92. The van der Waals surface area contributed by atoms with Crippen molar-refractivity contribution in [2.75, 3.05) is 0 Å². The van der Waals surface area contributed by atoms with E-state index in [1.165, 1.54) is 5.56 Å². The molecule has 0 aliphatic carbocycles. The summed E-state index contributed by atoms with van der Waals surface area (Å²) in [4.78, 5) is 3.98. The fraction of sp³-hybridized carbons (Fsp3) is 0.154. The SMILES string of the molecule is Clc1nccn2c(CCc3ccccc3)nnc12. The lowest BCUT2D eigenvalue weighted by atomic mass is 10.1. The third-order valence-corrected chi connectivity index (χ3v) is 3.10. The minimum absolute atomic E-state index is 0.385. The van der Waals surface area contributed by atoms with Gasteiger partial charge in [-0.25, -0.2) is 4.98 Å². The zero-order valence-electron chi connectivity index (χ0n) is 9.62. The van der Waals surface area contributed by atoms with Crippen molar-refractivity contribution in [3.05, 3.63) is 59.3 Å². The Morgan fingerprint density at radius 2 is 1.89 bits per heavy atom. The van der Waals surface area contributed by atoms with Gasteiger partial charge in [0.05, 0.1) is 0 Å². The van der Waals surface area contributed by atoms with Gasteiger partial charge in [0.15, 0.2) is 10.8 Å². The summed E-state index contributed by atoms with van der Waals surface area (Å²) in [6, 6.07) is 10.3. The van der Waals surface area contributed by atoms with Crippen LogP contribution in [0.3, 0.4) is 0 Å². The molecule has 0 saturated carbocycles. The number of benzene rings is 1. The van der Waals surface area contributed by atoms with E-state index in [4.69, 9.17) is 11.6 Å². The number of hydrogen-bond donors (Lipinski definition) is 0. The van der Waals surface area contributed by atoms with Crippen LogP contribution in [0.1, 0.15) is 11.4 Å². The summed E-state index contributed by atoms with van der Waals surface area (Å²) in [5.41, 5.74) is 1.90. The van der Waals surface area contributed by atoms with Crippen molar-refractivity contribution in [1.82, 2.24) is 19.6 Å². The summed E-state index contributed by atoms with van der Waals surface area (Å²) in [5.74, 6) is 0.901. The van der Waals surface area contributed by atoms with Gasteiger partial charge in [-0.2, -0.15) is 0 Å². The van der Waals surface area contributed by atoms with E-state index >= 15 is 0 Å². The molecule has 0 bridgehead atoms. The van der Waals surface area contributed by atoms with Crippen molar-refractivity contribution >= 4 is 17.2 Å². The first-order valence-corrected chi connectivity index (χ1v) is 6.10. The highest BCUT2D eigenvalue weighted by molar-refractivity contribution is 6.32. The standard InChI is InChI=1S/C13H11ClN4/c14-12-13-17-16-11(18(13)9-8-15-12)7-6-10-4-2-1-3-5-10/h1-5,8-9H,6-7H2. The molecule has 0 fully saturated rings. The van der Waals surface area contributed by atoms with Gasteiger partial charge in [0.1, 0.15) is 5.82 Å². The first kappa shape index (κ1) is 11.2. The number of aromatic nitrogens is 4. The Labute approximate surface area is 109 Å². The maximum Gasteiger partial charge on any atom is 0.198 e. The van der Waals surface area contributed by atoms with E-state index in [1.54, 1.807) is 6.20 Å². The monoisotopic (exact) mass is 258 g/mol. The van der Waals surface area contributed by atoms with Crippen LogP contribution in [0.2, 0.25) is 5.15 Å². The second kappa shape index (κ2) is 4.74. The van der Waals surface area contributed by atoms with E-state index in [1.807, 2.05) is 28.8 Å². The van der Waals surface area contributed by atoms with Crippen LogP contribution in [0.15, 0.2) is 42.7 Å². The van der Waals surface area contributed by atoms with Crippen LogP contribution in [-0.2, 0) is 12.8 Å². The van der Waals surface area contributed by atoms with E-state index in [0.29, 0.717) is 10.8 Å². The predicted octanol–water partition coefficient (Wildman–Crippen LogP) is 2.56. The summed E-state index contributed by atoms with van der Waals surface area (Å²) >= 11 is 5.95. The minimum atomic E-state index is 0.385. The van der Waals surface area contributed by atoms with E-state index in [0.717, 1.165) is 18.7 Å². The molecule has 0 N–H and O–H groups in total. The lowest BCUT2D eigenvalue weighted by Crippen LogP contribution is -1.98. The van der Waals surface area contributed by atoms with Crippen LogP contribution >= 0.6 is 11.6 Å². The molecule has 0 aliphatic rings. The molecule has 18 heavy (non-hydrogen) atoms. The van der Waals surface area contributed by atoms with E-state index in [2.05, 4.69) is 27.3 Å². The second-order valence-electron chi connectivity index (χ2n) is 4.01. The van der Waals surface area contributed by atoms with Crippen molar-refractivity contribution < 1.29 is 0 Å². The highest BCUT2D eigenvalue weighted by Gasteiger charge is 2.08. The molecule has 90 valence electrons. The molecule has 0 spiro atoms. The maximum absolute atomic E-state index is 5.95. The molecule has 4 nitrogen and oxygen atoms in total. The Morgan fingerprint density at radius 3 is 2.72 bits per heavy atom. The van der Waals surface area contributed by atoms with Gasteiger partial charge < -0.3 is 0 Å². The number of rotatable bonds is 3. The molecular formula is C13H11ClN4. The number of fused-ring (bicyclic) bond motifs is 1. The predicted molar refractivity (Wildman–Crippen MR) is 69.6 cm³/mol. The zero-order chi connectivity index (χ0) is 12.4. The Morgan fingerprint density at radius 1 is 1.06 bits per heavy atom. The first-order valence-electron chi connectivity index (χ1n) is 5.72. The average molecular weight is 259 g/mol. The first-order chi connectivity index (χ1) is 8.84. The van der Waals surface area contributed by atoms with Crippen molar-refractivity contribution in [3.8, 4) is 0 Å². The Hall–Kier alpha value is -1.94. The summed E-state index contributed by atoms with van der Waals surface area (Å²) in [6.45, 7) is 0. The molecule has 2 aromatic heterocycles. The number of halogens is 1. The zero-order valence-corrected chi connectivity index (χ0v) is 10.4. The molecule has 1 aromatic carbocycles.